The summed E-state index contributed by atoms with van der Waals surface area (Å²) in [6.45, 7) is 1.25. The normalized spacial score (nSPS) is 19.1. The molecule has 1 aromatic carbocycles. The van der Waals surface area contributed by atoms with Gasteiger partial charge in [0.2, 0.25) is 11.8 Å². The molecular weight excluding hydrogens is 370 g/mol. The van der Waals surface area contributed by atoms with Crippen molar-refractivity contribution in [3.63, 3.8) is 0 Å². The van der Waals surface area contributed by atoms with Crippen molar-refractivity contribution in [2.75, 3.05) is 27.4 Å². The van der Waals surface area contributed by atoms with E-state index in [0.717, 1.165) is 11.1 Å². The lowest BCUT2D eigenvalue weighted by atomic mass is 9.83. The summed E-state index contributed by atoms with van der Waals surface area (Å²) in [6.07, 6.45) is 4.23. The predicted molar refractivity (Wildman–Crippen MR) is 108 cm³/mol. The number of para-hydroxylation sites is 1. The van der Waals surface area contributed by atoms with Gasteiger partial charge in [0.15, 0.2) is 0 Å². The Balaban J connectivity index is 1.88. The number of nitrogens with zero attached hydrogens (tertiary/aromatic N) is 2. The molecule has 154 valence electrons. The van der Waals surface area contributed by atoms with E-state index in [-0.39, 0.29) is 17.7 Å². The lowest BCUT2D eigenvalue weighted by Gasteiger charge is -2.41. The van der Waals surface area contributed by atoms with Crippen LogP contribution in [0.4, 0.5) is 0 Å². The highest BCUT2D eigenvalue weighted by atomic mass is 16.5. The molecule has 0 unspecified atom stereocenters. The van der Waals surface area contributed by atoms with E-state index >= 15 is 0 Å². The molecule has 2 atom stereocenters. The first-order valence-electron chi connectivity index (χ1n) is 9.73. The zero-order chi connectivity index (χ0) is 20.6. The lowest BCUT2D eigenvalue weighted by Crippen LogP contribution is -2.49. The second-order valence-corrected chi connectivity index (χ2v) is 6.99. The maximum Gasteiger partial charge on any atom is 0.225 e. The van der Waals surface area contributed by atoms with E-state index in [2.05, 4.69) is 10.3 Å². The van der Waals surface area contributed by atoms with Gasteiger partial charge in [0.25, 0.3) is 0 Å². The van der Waals surface area contributed by atoms with E-state index in [9.17, 15) is 9.59 Å². The molecule has 29 heavy (non-hydrogen) atoms. The lowest BCUT2D eigenvalue weighted by molar-refractivity contribution is -0.144. The van der Waals surface area contributed by atoms with Gasteiger partial charge >= 0.3 is 0 Å². The molecule has 2 amide bonds. The number of nitrogens with one attached hydrogen (secondary N) is 1. The van der Waals surface area contributed by atoms with Crippen LogP contribution in [0.25, 0.3) is 0 Å². The Hall–Kier alpha value is -2.93. The third-order valence-corrected chi connectivity index (χ3v) is 5.25. The molecule has 0 spiro atoms. The van der Waals surface area contributed by atoms with Crippen LogP contribution in [0.5, 0.6) is 5.75 Å². The van der Waals surface area contributed by atoms with Crippen LogP contribution in [0.1, 0.15) is 30.0 Å². The molecule has 1 N–H and O–H groups in total. The van der Waals surface area contributed by atoms with Crippen molar-refractivity contribution in [2.45, 2.75) is 25.4 Å². The van der Waals surface area contributed by atoms with Gasteiger partial charge in [-0.05, 0) is 30.2 Å². The van der Waals surface area contributed by atoms with Gasteiger partial charge < -0.3 is 19.7 Å². The van der Waals surface area contributed by atoms with Gasteiger partial charge in [-0.3, -0.25) is 14.6 Å². The topological polar surface area (TPSA) is 80.8 Å². The Bertz CT molecular complexity index is 828. The Morgan fingerprint density at radius 2 is 1.97 bits per heavy atom. The van der Waals surface area contributed by atoms with Gasteiger partial charge in [0.05, 0.1) is 25.7 Å². The maximum atomic E-state index is 13.1. The number of ether oxygens (including phenoxy) is 2. The van der Waals surface area contributed by atoms with Crippen LogP contribution in [-0.4, -0.2) is 49.1 Å². The number of pyridine rings is 1. The highest BCUT2D eigenvalue weighted by Gasteiger charge is 2.41. The van der Waals surface area contributed by atoms with Crippen molar-refractivity contribution in [1.29, 1.82) is 0 Å². The van der Waals surface area contributed by atoms with Crippen LogP contribution in [0.15, 0.2) is 48.8 Å². The molecular formula is C22H27N3O4. The summed E-state index contributed by atoms with van der Waals surface area (Å²) in [7, 11) is 3.20. The van der Waals surface area contributed by atoms with Gasteiger partial charge in [-0.15, -0.1) is 0 Å². The largest absolute Gasteiger partial charge is 0.496 e. The second-order valence-electron chi connectivity index (χ2n) is 6.99. The first-order valence-corrected chi connectivity index (χ1v) is 9.73. The predicted octanol–water partition coefficient (Wildman–Crippen LogP) is 2.33. The molecule has 7 heteroatoms. The first kappa shape index (κ1) is 20.8. The van der Waals surface area contributed by atoms with Crippen LogP contribution < -0.4 is 10.1 Å². The zero-order valence-corrected chi connectivity index (χ0v) is 16.8. The molecule has 2 aromatic rings. The first-order chi connectivity index (χ1) is 14.2. The number of methoxy groups -OCH3 is 2. The summed E-state index contributed by atoms with van der Waals surface area (Å²) in [5, 5.41) is 3.02. The van der Waals surface area contributed by atoms with Crippen molar-refractivity contribution >= 4 is 11.8 Å². The quantitative estimate of drug-likeness (QED) is 0.739. The number of hydrogen-bond donors (Lipinski definition) is 1. The van der Waals surface area contributed by atoms with Crippen molar-refractivity contribution < 1.29 is 19.1 Å². The molecule has 7 nitrogen and oxygen atoms in total. The van der Waals surface area contributed by atoms with E-state index in [1.54, 1.807) is 31.5 Å². The van der Waals surface area contributed by atoms with Crippen molar-refractivity contribution in [1.82, 2.24) is 15.2 Å². The van der Waals surface area contributed by atoms with Gasteiger partial charge in [0, 0.05) is 44.6 Å². The third-order valence-electron chi connectivity index (χ3n) is 5.25. The maximum absolute atomic E-state index is 13.1. The number of amides is 2. The smallest absolute Gasteiger partial charge is 0.225 e. The summed E-state index contributed by atoms with van der Waals surface area (Å²) in [6, 6.07) is 10.9. The fourth-order valence-electron chi connectivity index (χ4n) is 3.80. The molecule has 0 radical (unpaired) electrons. The highest BCUT2D eigenvalue weighted by molar-refractivity contribution is 5.85. The van der Waals surface area contributed by atoms with Crippen LogP contribution in [0.3, 0.4) is 0 Å². The molecule has 1 aliphatic rings. The minimum absolute atomic E-state index is 0.0242. The van der Waals surface area contributed by atoms with Gasteiger partial charge in [-0.1, -0.05) is 18.2 Å². The zero-order valence-electron chi connectivity index (χ0n) is 16.8. The summed E-state index contributed by atoms with van der Waals surface area (Å²) in [5.41, 5.74) is 1.81. The Morgan fingerprint density at radius 3 is 2.69 bits per heavy atom. The van der Waals surface area contributed by atoms with Crippen LogP contribution in [-0.2, 0) is 20.9 Å². The molecule has 0 aliphatic carbocycles. The average molecular weight is 397 g/mol. The summed E-state index contributed by atoms with van der Waals surface area (Å²) < 4.78 is 10.7. The number of piperidine rings is 1. The fraction of sp³-hybridized carbons (Fsp3) is 0.409. The van der Waals surface area contributed by atoms with E-state index in [4.69, 9.17) is 9.47 Å². The van der Waals surface area contributed by atoms with E-state index in [1.807, 2.05) is 36.4 Å². The minimum Gasteiger partial charge on any atom is -0.496 e. The van der Waals surface area contributed by atoms with Crippen LogP contribution >= 0.6 is 0 Å². The number of benzene rings is 1. The van der Waals surface area contributed by atoms with Gasteiger partial charge in [-0.2, -0.15) is 0 Å². The summed E-state index contributed by atoms with van der Waals surface area (Å²) >= 11 is 0. The number of hydrogen-bond acceptors (Lipinski definition) is 5. The molecule has 0 bridgehead atoms. The second kappa shape index (κ2) is 10.0. The molecule has 3 rings (SSSR count). The molecule has 1 fully saturated rings. The number of carbonyl (C=O) groups is 2. The van der Waals surface area contributed by atoms with Crippen LogP contribution in [0.2, 0.25) is 0 Å². The molecule has 0 saturated carbocycles. The van der Waals surface area contributed by atoms with Crippen molar-refractivity contribution in [3.05, 3.63) is 59.9 Å². The fourth-order valence-corrected chi connectivity index (χ4v) is 3.80. The Kier molecular flexibility index (Phi) is 7.19. The van der Waals surface area contributed by atoms with E-state index in [1.165, 1.54) is 0 Å². The molecule has 2 heterocycles. The standard InChI is InChI=1S/C22H27N3O4/c1-28-14-13-25-20(26)8-7-18(21(25)17-5-3-4-6-19(17)29-2)22(27)24-15-16-9-11-23-12-10-16/h3-6,9-12,18,21H,7-8,13-15H2,1-2H3,(H,24,27)/t18-,21+/m1/s1. The third kappa shape index (κ3) is 4.92. The number of aromatic nitrogens is 1. The number of likely N-dealkylation sites (tertiary alicyclic amines) is 1. The Morgan fingerprint density at radius 1 is 1.21 bits per heavy atom. The molecule has 1 aliphatic heterocycles. The average Bonchev–Trinajstić information content (AvgIpc) is 2.77. The number of carbonyl (C=O) groups excluding carboxylic acids is 2. The Labute approximate surface area is 171 Å². The van der Waals surface area contributed by atoms with Gasteiger partial charge in [0.1, 0.15) is 5.75 Å². The van der Waals surface area contributed by atoms with Crippen molar-refractivity contribution in [3.8, 4) is 5.75 Å². The highest BCUT2D eigenvalue weighted by Crippen LogP contribution is 2.40. The van der Waals surface area contributed by atoms with Gasteiger partial charge in [-0.25, -0.2) is 0 Å². The van der Waals surface area contributed by atoms with E-state index < -0.39 is 6.04 Å². The van der Waals surface area contributed by atoms with Crippen molar-refractivity contribution in [2.24, 2.45) is 5.92 Å². The van der Waals surface area contributed by atoms with Crippen LogP contribution in [0, 0.1) is 5.92 Å². The SMILES string of the molecule is COCCN1C(=O)CC[C@@H](C(=O)NCc2ccncc2)[C@@H]1c1ccccc1OC. The minimum atomic E-state index is -0.403. The summed E-state index contributed by atoms with van der Waals surface area (Å²) in [4.78, 5) is 31.6. The molecule has 1 aromatic heterocycles. The van der Waals surface area contributed by atoms with E-state index in [0.29, 0.717) is 38.3 Å². The summed E-state index contributed by atoms with van der Waals surface area (Å²) in [5.74, 6) is 0.244. The molecule has 1 saturated heterocycles. The monoisotopic (exact) mass is 397 g/mol. The number of rotatable bonds is 8.